The second-order valence-corrected chi connectivity index (χ2v) is 4.66. The van der Waals surface area contributed by atoms with Gasteiger partial charge >= 0.3 is 0 Å². The van der Waals surface area contributed by atoms with Gasteiger partial charge in [0.1, 0.15) is 0 Å². The van der Waals surface area contributed by atoms with Gasteiger partial charge in [0, 0.05) is 19.3 Å². The average Bonchev–Trinajstić information content (AvgIpc) is 3.10. The van der Waals surface area contributed by atoms with Crippen molar-refractivity contribution >= 4 is 12.2 Å². The first-order valence-electron chi connectivity index (χ1n) is 5.51. The van der Waals surface area contributed by atoms with Crippen LogP contribution in [0.15, 0.2) is 23.1 Å². The first-order chi connectivity index (χ1) is 8.18. The number of nitrogens with one attached hydrogen (secondary N) is 1. The molecule has 0 aromatic carbocycles. The maximum atomic E-state index is 12.3. The van der Waals surface area contributed by atoms with Gasteiger partial charge in [-0.15, -0.1) is 0 Å². The van der Waals surface area contributed by atoms with Crippen LogP contribution in [0.1, 0.15) is 18.9 Å². The topological polar surface area (TPSA) is 55.6 Å². The van der Waals surface area contributed by atoms with Crippen LogP contribution in [0.3, 0.4) is 0 Å². The molecule has 0 atom stereocenters. The summed E-state index contributed by atoms with van der Waals surface area (Å²) in [5.74, 6) is 0.593. The molecule has 0 amide bonds. The summed E-state index contributed by atoms with van der Waals surface area (Å²) >= 11 is 5.05. The van der Waals surface area contributed by atoms with Crippen molar-refractivity contribution in [2.24, 2.45) is 7.05 Å². The van der Waals surface area contributed by atoms with Crippen LogP contribution >= 0.6 is 12.2 Å². The van der Waals surface area contributed by atoms with Crippen molar-refractivity contribution in [1.29, 1.82) is 0 Å². The largest absolute Gasteiger partial charge is 0.312 e. The molecule has 0 bridgehead atoms. The maximum absolute atomic E-state index is 12.3. The molecular formula is C11H12N4OS. The first-order valence-corrected chi connectivity index (χ1v) is 5.92. The minimum atomic E-state index is 0.00657. The third-order valence-electron chi connectivity index (χ3n) is 3.04. The molecule has 1 aliphatic rings. The molecule has 0 saturated heterocycles. The van der Waals surface area contributed by atoms with Crippen LogP contribution in [-0.2, 0) is 7.05 Å². The second-order valence-electron chi connectivity index (χ2n) is 4.28. The zero-order chi connectivity index (χ0) is 12.0. The number of hydrogen-bond acceptors (Lipinski definition) is 3. The van der Waals surface area contributed by atoms with E-state index in [4.69, 9.17) is 12.2 Å². The van der Waals surface area contributed by atoms with Gasteiger partial charge in [0.05, 0.1) is 5.56 Å². The Morgan fingerprint density at radius 1 is 1.53 bits per heavy atom. The Bertz CT molecular complexity index is 677. The van der Waals surface area contributed by atoms with Crippen LogP contribution in [0.25, 0.3) is 11.4 Å². The first kappa shape index (κ1) is 10.5. The highest BCUT2D eigenvalue weighted by Gasteiger charge is 2.25. The van der Waals surface area contributed by atoms with E-state index in [0.717, 1.165) is 12.8 Å². The molecule has 1 aliphatic carbocycles. The fourth-order valence-corrected chi connectivity index (χ4v) is 2.04. The molecule has 1 saturated carbocycles. The fourth-order valence-electron chi connectivity index (χ4n) is 1.91. The van der Waals surface area contributed by atoms with Crippen molar-refractivity contribution in [2.75, 3.05) is 0 Å². The highest BCUT2D eigenvalue weighted by Crippen LogP contribution is 2.33. The van der Waals surface area contributed by atoms with Gasteiger partial charge in [-0.2, -0.15) is 5.10 Å². The van der Waals surface area contributed by atoms with E-state index < -0.39 is 0 Å². The third kappa shape index (κ3) is 1.64. The van der Waals surface area contributed by atoms with Crippen LogP contribution in [0.5, 0.6) is 0 Å². The lowest BCUT2D eigenvalue weighted by molar-refractivity contribution is 0.707. The van der Waals surface area contributed by atoms with Gasteiger partial charge in [-0.1, -0.05) is 0 Å². The molecule has 1 N–H and O–H groups in total. The number of pyridine rings is 1. The van der Waals surface area contributed by atoms with Crippen molar-refractivity contribution in [3.05, 3.63) is 33.5 Å². The Morgan fingerprint density at radius 2 is 2.29 bits per heavy atom. The summed E-state index contributed by atoms with van der Waals surface area (Å²) < 4.78 is 4.01. The van der Waals surface area contributed by atoms with E-state index in [1.54, 1.807) is 22.2 Å². The lowest BCUT2D eigenvalue weighted by atomic mass is 10.2. The zero-order valence-corrected chi connectivity index (χ0v) is 10.2. The summed E-state index contributed by atoms with van der Waals surface area (Å²) in [7, 11) is 1.80. The highest BCUT2D eigenvalue weighted by molar-refractivity contribution is 7.71. The maximum Gasteiger partial charge on any atom is 0.261 e. The van der Waals surface area contributed by atoms with Gasteiger partial charge in [-0.25, -0.2) is 0 Å². The molecule has 6 heteroatoms. The summed E-state index contributed by atoms with van der Waals surface area (Å²) in [6.45, 7) is 0. The van der Waals surface area contributed by atoms with Gasteiger partial charge in [0.25, 0.3) is 5.56 Å². The number of hydrogen-bond donors (Lipinski definition) is 1. The number of nitrogens with zero attached hydrogens (tertiary/aromatic N) is 3. The standard InChI is InChI=1S/C11H12N4OS/c1-14-9(12-13-11(14)17)8-3-2-6-15(10(8)16)7-4-5-7/h2-3,6-7H,4-5H2,1H3,(H,13,17). The number of aromatic amines is 1. The summed E-state index contributed by atoms with van der Waals surface area (Å²) in [6, 6.07) is 4.04. The zero-order valence-electron chi connectivity index (χ0n) is 9.38. The Kier molecular flexibility index (Phi) is 2.25. The molecule has 3 rings (SSSR count). The molecule has 0 spiro atoms. The smallest absolute Gasteiger partial charge is 0.261 e. The molecule has 1 fully saturated rings. The van der Waals surface area contributed by atoms with E-state index in [0.29, 0.717) is 22.2 Å². The van der Waals surface area contributed by atoms with Crippen molar-refractivity contribution in [1.82, 2.24) is 19.3 Å². The van der Waals surface area contributed by atoms with Gasteiger partial charge in [0.2, 0.25) is 0 Å². The Hall–Kier alpha value is -1.69. The minimum absolute atomic E-state index is 0.00657. The number of H-pyrrole nitrogens is 1. The molecular weight excluding hydrogens is 236 g/mol. The predicted octanol–water partition coefficient (Wildman–Crippen LogP) is 1.64. The quantitative estimate of drug-likeness (QED) is 0.822. The van der Waals surface area contributed by atoms with E-state index in [1.807, 2.05) is 12.3 Å². The molecule has 2 heterocycles. The monoisotopic (exact) mass is 248 g/mol. The van der Waals surface area contributed by atoms with Crippen LogP contribution in [0, 0.1) is 4.77 Å². The van der Waals surface area contributed by atoms with E-state index in [-0.39, 0.29) is 5.56 Å². The van der Waals surface area contributed by atoms with Crippen molar-refractivity contribution in [3.63, 3.8) is 0 Å². The molecule has 2 aromatic heterocycles. The van der Waals surface area contributed by atoms with Gasteiger partial charge < -0.3 is 9.13 Å². The van der Waals surface area contributed by atoms with Crippen molar-refractivity contribution < 1.29 is 0 Å². The molecule has 0 aliphatic heterocycles. The SMILES string of the molecule is Cn1c(-c2cccn(C3CC3)c2=O)n[nH]c1=S. The third-order valence-corrected chi connectivity index (χ3v) is 3.40. The Morgan fingerprint density at radius 3 is 2.88 bits per heavy atom. The molecule has 17 heavy (non-hydrogen) atoms. The lowest BCUT2D eigenvalue weighted by Gasteiger charge is -2.05. The van der Waals surface area contributed by atoms with E-state index in [2.05, 4.69) is 10.2 Å². The average molecular weight is 248 g/mol. The highest BCUT2D eigenvalue weighted by atomic mass is 32.1. The molecule has 5 nitrogen and oxygen atoms in total. The Balaban J connectivity index is 2.21. The normalized spacial score (nSPS) is 15.1. The van der Waals surface area contributed by atoms with Gasteiger partial charge in [-0.05, 0) is 37.2 Å². The second kappa shape index (κ2) is 3.66. The number of aromatic nitrogens is 4. The van der Waals surface area contributed by atoms with Crippen LogP contribution in [-0.4, -0.2) is 19.3 Å². The van der Waals surface area contributed by atoms with E-state index in [1.165, 1.54) is 0 Å². The molecule has 0 radical (unpaired) electrons. The summed E-state index contributed by atoms with van der Waals surface area (Å²) in [6.07, 6.45) is 4.01. The minimum Gasteiger partial charge on any atom is -0.312 e. The van der Waals surface area contributed by atoms with E-state index in [9.17, 15) is 4.79 Å². The fraction of sp³-hybridized carbons (Fsp3) is 0.364. The lowest BCUT2D eigenvalue weighted by Crippen LogP contribution is -2.20. The molecule has 88 valence electrons. The summed E-state index contributed by atoms with van der Waals surface area (Å²) in [5.41, 5.74) is 0.598. The Labute approximate surface area is 103 Å². The van der Waals surface area contributed by atoms with Gasteiger partial charge in [0.15, 0.2) is 10.6 Å². The van der Waals surface area contributed by atoms with Crippen LogP contribution < -0.4 is 5.56 Å². The molecule has 0 unspecified atom stereocenters. The van der Waals surface area contributed by atoms with Crippen LogP contribution in [0.4, 0.5) is 0 Å². The number of rotatable bonds is 2. The van der Waals surface area contributed by atoms with Crippen molar-refractivity contribution in [2.45, 2.75) is 18.9 Å². The van der Waals surface area contributed by atoms with Gasteiger partial charge in [-0.3, -0.25) is 9.89 Å². The molecule has 2 aromatic rings. The van der Waals surface area contributed by atoms with E-state index >= 15 is 0 Å². The van der Waals surface area contributed by atoms with Crippen molar-refractivity contribution in [3.8, 4) is 11.4 Å². The summed E-state index contributed by atoms with van der Waals surface area (Å²) in [5, 5.41) is 6.79. The summed E-state index contributed by atoms with van der Waals surface area (Å²) in [4.78, 5) is 12.3. The van der Waals surface area contributed by atoms with Crippen LogP contribution in [0.2, 0.25) is 0 Å². The predicted molar refractivity (Wildman–Crippen MR) is 66.4 cm³/mol.